The van der Waals surface area contributed by atoms with Gasteiger partial charge in [-0.05, 0) is 25.5 Å². The first-order chi connectivity index (χ1) is 7.00. The molecule has 1 rings (SSSR count). The van der Waals surface area contributed by atoms with Gasteiger partial charge in [0.05, 0.1) is 6.10 Å². The van der Waals surface area contributed by atoms with E-state index in [-0.39, 0.29) is 12.5 Å². The Balaban J connectivity index is 2.73. The Morgan fingerprint density at radius 3 is 2.79 bits per heavy atom. The van der Waals surface area contributed by atoms with Crippen LogP contribution in [0.4, 0.5) is 5.69 Å². The van der Waals surface area contributed by atoms with Gasteiger partial charge in [-0.1, -0.05) is 13.0 Å². The summed E-state index contributed by atoms with van der Waals surface area (Å²) in [7, 11) is 3.99. The van der Waals surface area contributed by atoms with Gasteiger partial charge in [-0.3, -0.25) is 0 Å². The van der Waals surface area contributed by atoms with Gasteiger partial charge in [0, 0.05) is 27.2 Å². The first-order valence-corrected chi connectivity index (χ1v) is 4.87. The van der Waals surface area contributed by atoms with Gasteiger partial charge in [-0.15, -0.1) is 0 Å². The molecular weight excluding hydrogens is 174 g/mol. The van der Waals surface area contributed by atoms with E-state index in [1.807, 2.05) is 57.1 Å². The highest BCUT2D eigenvalue weighted by Crippen LogP contribution is 2.20. The van der Waals surface area contributed by atoms with E-state index < -0.39 is 0 Å². The molecule has 0 aliphatic rings. The molecule has 0 amide bonds. The predicted octanol–water partition coefficient (Wildman–Crippen LogP) is 2.93. The van der Waals surface area contributed by atoms with Crippen LogP contribution < -0.4 is 9.64 Å². The van der Waals surface area contributed by atoms with Crippen LogP contribution in [0.2, 0.25) is 0 Å². The van der Waals surface area contributed by atoms with Crippen molar-refractivity contribution in [3.8, 4) is 5.75 Å². The monoisotopic (exact) mass is 194 g/mol. The second kappa shape index (κ2) is 4.89. The van der Waals surface area contributed by atoms with Crippen LogP contribution in [0, 0.1) is 0 Å². The van der Waals surface area contributed by atoms with Crippen molar-refractivity contribution < 1.29 is 6.11 Å². The second-order valence-electron chi connectivity index (χ2n) is 3.55. The van der Waals surface area contributed by atoms with Crippen LogP contribution in [-0.4, -0.2) is 20.2 Å². The minimum Gasteiger partial charge on any atom is -0.491 e. The van der Waals surface area contributed by atoms with Gasteiger partial charge in [-0.25, -0.2) is 0 Å². The third kappa shape index (κ3) is 2.95. The summed E-state index contributed by atoms with van der Waals surface area (Å²) in [6.07, 6.45) is -0.296. The Kier molecular flexibility index (Phi) is 3.28. The molecule has 0 fully saturated rings. The van der Waals surface area contributed by atoms with Crippen molar-refractivity contribution in [3.05, 3.63) is 24.3 Å². The van der Waals surface area contributed by atoms with Crippen molar-refractivity contribution in [1.82, 2.24) is 0 Å². The summed E-state index contributed by atoms with van der Waals surface area (Å²) in [5.41, 5.74) is 1.11. The van der Waals surface area contributed by atoms with Crippen molar-refractivity contribution >= 4 is 5.69 Å². The summed E-state index contributed by atoms with van der Waals surface area (Å²) in [6, 6.07) is 7.90. The number of benzene rings is 1. The second-order valence-corrected chi connectivity index (χ2v) is 3.55. The number of rotatable bonds is 4. The van der Waals surface area contributed by atoms with Gasteiger partial charge >= 0.3 is 0 Å². The van der Waals surface area contributed by atoms with Crippen molar-refractivity contribution in [1.29, 1.82) is 0 Å². The molecule has 0 aliphatic heterocycles. The van der Waals surface area contributed by atoms with E-state index in [9.17, 15) is 0 Å². The van der Waals surface area contributed by atoms with Gasteiger partial charge in [0.15, 0.2) is 0 Å². The van der Waals surface area contributed by atoms with Crippen LogP contribution in [0.15, 0.2) is 24.3 Å². The molecule has 78 valence electrons. The first kappa shape index (κ1) is 9.38. The molecule has 1 aromatic carbocycles. The fourth-order valence-corrected chi connectivity index (χ4v) is 1.12. The van der Waals surface area contributed by atoms with Gasteiger partial charge in [-0.2, -0.15) is 0 Å². The highest BCUT2D eigenvalue weighted by Gasteiger charge is 2.02. The Hall–Kier alpha value is -1.18. The van der Waals surface area contributed by atoms with E-state index in [0.717, 1.165) is 11.4 Å². The molecule has 2 heteroatoms. The zero-order chi connectivity index (χ0) is 11.4. The maximum atomic E-state index is 7.54. The zero-order valence-electron chi connectivity index (χ0n) is 10.3. The summed E-state index contributed by atoms with van der Waals surface area (Å²) >= 11 is 0. The lowest BCUT2D eigenvalue weighted by Crippen LogP contribution is -2.11. The van der Waals surface area contributed by atoms with Gasteiger partial charge in [0.25, 0.3) is 0 Å². The molecule has 14 heavy (non-hydrogen) atoms. The molecule has 0 bridgehead atoms. The van der Waals surface area contributed by atoms with Gasteiger partial charge in [0.2, 0.25) is 0 Å². The molecule has 0 radical (unpaired) electrons. The summed E-state index contributed by atoms with van der Waals surface area (Å²) in [5, 5.41) is 0. The molecule has 0 spiro atoms. The van der Waals surface area contributed by atoms with Crippen LogP contribution in [0.5, 0.6) is 5.75 Å². The molecule has 2 atom stereocenters. The third-order valence-corrected chi connectivity index (χ3v) is 2.13. The van der Waals surface area contributed by atoms with Crippen LogP contribution in [0.25, 0.3) is 0 Å². The normalized spacial score (nSPS) is 15.6. The average Bonchev–Trinajstić information content (AvgIpc) is 2.18. The first-order valence-electron chi connectivity index (χ1n) is 5.44. The third-order valence-electron chi connectivity index (χ3n) is 2.13. The van der Waals surface area contributed by atoms with E-state index >= 15 is 0 Å². The minimum atomic E-state index is -0.215. The van der Waals surface area contributed by atoms with Crippen molar-refractivity contribution in [3.63, 3.8) is 0 Å². The highest BCUT2D eigenvalue weighted by molar-refractivity contribution is 5.49. The van der Waals surface area contributed by atoms with Crippen molar-refractivity contribution in [2.75, 3.05) is 19.0 Å². The molecule has 2 nitrogen and oxygen atoms in total. The topological polar surface area (TPSA) is 12.5 Å². The number of nitrogens with zero attached hydrogens (tertiary/aromatic N) is 1. The average molecular weight is 194 g/mol. The van der Waals surface area contributed by atoms with E-state index in [2.05, 4.69) is 0 Å². The van der Waals surface area contributed by atoms with E-state index in [4.69, 9.17) is 6.11 Å². The fourth-order valence-electron chi connectivity index (χ4n) is 1.12. The standard InChI is InChI=1S/C12H19NO/c1-5-10(2)14-12-8-6-7-11(9-12)13(3)4/h6-10H,5H2,1-4H3/t10-/m1/s1/i5D/t5-,10-. The summed E-state index contributed by atoms with van der Waals surface area (Å²) in [6.45, 7) is 3.75. The molecule has 0 unspecified atom stereocenters. The fraction of sp³-hybridized carbons (Fsp3) is 0.500. The van der Waals surface area contributed by atoms with Crippen LogP contribution in [-0.2, 0) is 0 Å². The summed E-state index contributed by atoms with van der Waals surface area (Å²) < 4.78 is 13.2. The maximum absolute atomic E-state index is 7.54. The Bertz CT molecular complexity index is 312. The van der Waals surface area contributed by atoms with Crippen molar-refractivity contribution in [2.24, 2.45) is 0 Å². The van der Waals surface area contributed by atoms with E-state index in [0.29, 0.717) is 0 Å². The number of hydrogen-bond donors (Lipinski definition) is 0. The number of hydrogen-bond acceptors (Lipinski definition) is 2. The SMILES string of the molecule is [2H][C@H](C)[C@@H](C)Oc1cccc(N(C)C)c1. The lowest BCUT2D eigenvalue weighted by atomic mass is 10.2. The molecule has 0 heterocycles. The van der Waals surface area contributed by atoms with Crippen molar-refractivity contribution in [2.45, 2.75) is 26.3 Å². The quantitative estimate of drug-likeness (QED) is 0.730. The highest BCUT2D eigenvalue weighted by atomic mass is 16.5. The molecule has 0 aromatic heterocycles. The largest absolute Gasteiger partial charge is 0.491 e. The van der Waals surface area contributed by atoms with Crippen LogP contribution in [0.3, 0.4) is 0 Å². The number of anilines is 1. The molecule has 1 aromatic rings. The lowest BCUT2D eigenvalue weighted by molar-refractivity contribution is 0.217. The number of ether oxygens (including phenoxy) is 1. The Labute approximate surface area is 87.9 Å². The van der Waals surface area contributed by atoms with E-state index in [1.54, 1.807) is 0 Å². The summed E-state index contributed by atoms with van der Waals surface area (Å²) in [4.78, 5) is 2.03. The Morgan fingerprint density at radius 1 is 1.50 bits per heavy atom. The van der Waals surface area contributed by atoms with E-state index in [1.165, 1.54) is 0 Å². The molecule has 0 N–H and O–H groups in total. The van der Waals surface area contributed by atoms with Gasteiger partial charge in [0.1, 0.15) is 5.75 Å². The maximum Gasteiger partial charge on any atom is 0.121 e. The smallest absolute Gasteiger partial charge is 0.121 e. The molecule has 0 saturated carbocycles. The zero-order valence-corrected chi connectivity index (χ0v) is 9.32. The predicted molar refractivity (Wildman–Crippen MR) is 61.2 cm³/mol. The Morgan fingerprint density at radius 2 is 2.21 bits per heavy atom. The minimum absolute atomic E-state index is 0.0811. The molecule has 0 aliphatic carbocycles. The molecule has 0 saturated heterocycles. The van der Waals surface area contributed by atoms with Gasteiger partial charge < -0.3 is 9.64 Å². The lowest BCUT2D eigenvalue weighted by Gasteiger charge is -2.16. The summed E-state index contributed by atoms with van der Waals surface area (Å²) in [5.74, 6) is 0.827. The van der Waals surface area contributed by atoms with Crippen LogP contribution >= 0.6 is 0 Å². The van der Waals surface area contributed by atoms with Crippen LogP contribution in [0.1, 0.15) is 21.6 Å². The molecular formula is C12H19NO.